The largest absolute Gasteiger partial charge is 0.497 e. The Morgan fingerprint density at radius 2 is 2.03 bits per heavy atom. The molecule has 2 heterocycles. The molecule has 3 aromatic rings. The van der Waals surface area contributed by atoms with Crippen molar-refractivity contribution in [3.05, 3.63) is 64.8 Å². The Hall–Kier alpha value is -3.34. The van der Waals surface area contributed by atoms with E-state index in [0.29, 0.717) is 47.9 Å². The number of rotatable bonds is 10. The first kappa shape index (κ1) is 28.7. The zero-order valence-electron chi connectivity index (χ0n) is 22.3. The molecule has 1 aromatic heterocycles. The molecule has 1 aliphatic rings. The number of fused-ring (bicyclic) bond motifs is 1. The average Bonchev–Trinajstić information content (AvgIpc) is 2.94. The summed E-state index contributed by atoms with van der Waals surface area (Å²) in [6, 6.07) is 12.6. The lowest BCUT2D eigenvalue weighted by Crippen LogP contribution is -2.41. The first-order valence-corrected chi connectivity index (χ1v) is 13.6. The highest BCUT2D eigenvalue weighted by Gasteiger charge is 2.30. The van der Waals surface area contributed by atoms with E-state index >= 15 is 4.39 Å². The summed E-state index contributed by atoms with van der Waals surface area (Å²) in [5.41, 5.74) is 2.09. The number of methoxy groups -OCH3 is 2. The molecule has 1 saturated heterocycles. The number of carboxylic acid groups (broad SMARTS) is 1. The summed E-state index contributed by atoms with van der Waals surface area (Å²) in [6.45, 7) is 2.14. The number of pyridine rings is 1. The van der Waals surface area contributed by atoms with Crippen LogP contribution in [0.25, 0.3) is 10.9 Å². The third-order valence-corrected chi connectivity index (χ3v) is 7.74. The first-order chi connectivity index (χ1) is 18.9. The zero-order valence-corrected chi connectivity index (χ0v) is 23.1. The molecule has 39 heavy (non-hydrogen) atoms. The third kappa shape index (κ3) is 7.62. The maximum atomic E-state index is 15.6. The summed E-state index contributed by atoms with van der Waals surface area (Å²) in [6.07, 6.45) is 3.12. The first-order valence-electron chi connectivity index (χ1n) is 13.2. The summed E-state index contributed by atoms with van der Waals surface area (Å²) in [5.74, 6) is 7.32. The summed E-state index contributed by atoms with van der Waals surface area (Å²) in [4.78, 5) is 18.0. The summed E-state index contributed by atoms with van der Waals surface area (Å²) in [7, 11) is 3.19. The minimum atomic E-state index is -1.14. The van der Waals surface area contributed by atoms with E-state index in [1.165, 1.54) is 0 Å². The molecule has 0 bridgehead atoms. The number of piperidine rings is 1. The molecule has 0 amide bonds. The number of benzene rings is 2. The van der Waals surface area contributed by atoms with Gasteiger partial charge in [-0.2, -0.15) is 0 Å². The summed E-state index contributed by atoms with van der Waals surface area (Å²) in [5, 5.41) is 10.7. The average molecular weight is 553 g/mol. The van der Waals surface area contributed by atoms with Gasteiger partial charge in [-0.1, -0.05) is 23.4 Å². The predicted molar refractivity (Wildman–Crippen MR) is 151 cm³/mol. The van der Waals surface area contributed by atoms with Crippen LogP contribution in [-0.2, 0) is 4.79 Å². The molecule has 0 radical (unpaired) electrons. The summed E-state index contributed by atoms with van der Waals surface area (Å²) >= 11 is 6.11. The van der Waals surface area contributed by atoms with Crippen molar-refractivity contribution >= 4 is 28.5 Å². The second kappa shape index (κ2) is 13.6. The minimum Gasteiger partial charge on any atom is -0.497 e. The molecule has 1 aliphatic heterocycles. The Morgan fingerprint density at radius 3 is 2.79 bits per heavy atom. The Balaban J connectivity index is 1.41. The molecular weight excluding hydrogens is 519 g/mol. The Morgan fingerprint density at radius 1 is 1.18 bits per heavy atom. The fourth-order valence-corrected chi connectivity index (χ4v) is 5.57. The predicted octanol–water partition coefficient (Wildman–Crippen LogP) is 6.55. The lowest BCUT2D eigenvalue weighted by Gasteiger charge is -2.38. The number of aliphatic carboxylic acids is 1. The van der Waals surface area contributed by atoms with Crippen LogP contribution in [0.4, 0.5) is 4.39 Å². The van der Waals surface area contributed by atoms with Crippen molar-refractivity contribution in [3.63, 3.8) is 0 Å². The monoisotopic (exact) mass is 552 g/mol. The SMILES string of the molecule is COc1ccc2nccc(C(F)CC[C@@H]3CCN(CC#Cc4cc(Cl)ccc4OC)C[C@@H]3CCC(=O)O)c2c1. The number of halogens is 2. The van der Waals surface area contributed by atoms with Gasteiger partial charge in [0.2, 0.25) is 0 Å². The molecule has 4 rings (SSSR count). The molecule has 0 spiro atoms. The highest BCUT2D eigenvalue weighted by molar-refractivity contribution is 6.30. The van der Waals surface area contributed by atoms with E-state index in [2.05, 4.69) is 21.7 Å². The van der Waals surface area contributed by atoms with E-state index in [0.717, 1.165) is 36.0 Å². The molecule has 0 saturated carbocycles. The minimum absolute atomic E-state index is 0.105. The number of ether oxygens (including phenoxy) is 2. The van der Waals surface area contributed by atoms with Crippen LogP contribution in [0, 0.1) is 23.7 Å². The van der Waals surface area contributed by atoms with Gasteiger partial charge in [-0.3, -0.25) is 14.7 Å². The molecule has 1 fully saturated rings. The van der Waals surface area contributed by atoms with Crippen LogP contribution in [-0.4, -0.2) is 54.8 Å². The third-order valence-electron chi connectivity index (χ3n) is 7.50. The van der Waals surface area contributed by atoms with Gasteiger partial charge in [0.25, 0.3) is 0 Å². The van der Waals surface area contributed by atoms with Crippen molar-refractivity contribution in [1.82, 2.24) is 9.88 Å². The second-order valence-corrected chi connectivity index (χ2v) is 10.4. The molecule has 206 valence electrons. The van der Waals surface area contributed by atoms with E-state index in [4.69, 9.17) is 21.1 Å². The van der Waals surface area contributed by atoms with Gasteiger partial charge in [0.1, 0.15) is 17.7 Å². The van der Waals surface area contributed by atoms with E-state index in [1.807, 2.05) is 18.2 Å². The zero-order chi connectivity index (χ0) is 27.8. The van der Waals surface area contributed by atoms with Gasteiger partial charge < -0.3 is 14.6 Å². The number of likely N-dealkylation sites (tertiary alicyclic amines) is 1. The number of nitrogens with zero attached hydrogens (tertiary/aromatic N) is 2. The van der Waals surface area contributed by atoms with Crippen LogP contribution in [0.15, 0.2) is 48.7 Å². The van der Waals surface area contributed by atoms with E-state index < -0.39 is 12.1 Å². The van der Waals surface area contributed by atoms with Gasteiger partial charge in [-0.05, 0) is 92.1 Å². The lowest BCUT2D eigenvalue weighted by molar-refractivity contribution is -0.137. The lowest BCUT2D eigenvalue weighted by atomic mass is 9.79. The van der Waals surface area contributed by atoms with Crippen LogP contribution in [0.2, 0.25) is 5.02 Å². The fraction of sp³-hybridized carbons (Fsp3) is 0.419. The number of carbonyl (C=O) groups is 1. The number of carboxylic acids is 1. The molecule has 2 aromatic carbocycles. The maximum absolute atomic E-state index is 15.6. The maximum Gasteiger partial charge on any atom is 0.303 e. The van der Waals surface area contributed by atoms with Crippen LogP contribution in [0.5, 0.6) is 11.5 Å². The second-order valence-electron chi connectivity index (χ2n) is 9.95. The van der Waals surface area contributed by atoms with Crippen molar-refractivity contribution < 1.29 is 23.8 Å². The van der Waals surface area contributed by atoms with E-state index in [-0.39, 0.29) is 18.3 Å². The van der Waals surface area contributed by atoms with Gasteiger partial charge >= 0.3 is 5.97 Å². The van der Waals surface area contributed by atoms with E-state index in [1.54, 1.807) is 44.7 Å². The van der Waals surface area contributed by atoms with Crippen LogP contribution < -0.4 is 9.47 Å². The van der Waals surface area contributed by atoms with Crippen molar-refractivity contribution in [1.29, 1.82) is 0 Å². The normalized spacial score (nSPS) is 18.3. The number of hydrogen-bond donors (Lipinski definition) is 1. The fourth-order valence-electron chi connectivity index (χ4n) is 5.40. The van der Waals surface area contributed by atoms with Gasteiger partial charge in [-0.25, -0.2) is 4.39 Å². The van der Waals surface area contributed by atoms with Crippen molar-refractivity contribution in [3.8, 4) is 23.3 Å². The van der Waals surface area contributed by atoms with Crippen molar-refractivity contribution in [2.75, 3.05) is 33.9 Å². The van der Waals surface area contributed by atoms with Gasteiger partial charge in [-0.15, -0.1) is 0 Å². The molecule has 1 N–H and O–H groups in total. The number of alkyl halides is 1. The van der Waals surface area contributed by atoms with Gasteiger partial charge in [0.05, 0.1) is 31.8 Å². The Labute approximate surface area is 234 Å². The highest BCUT2D eigenvalue weighted by atomic mass is 35.5. The smallest absolute Gasteiger partial charge is 0.303 e. The molecule has 0 aliphatic carbocycles. The van der Waals surface area contributed by atoms with E-state index in [9.17, 15) is 9.90 Å². The topological polar surface area (TPSA) is 71.9 Å². The molecule has 1 unspecified atom stereocenters. The van der Waals surface area contributed by atoms with Gasteiger partial charge in [0, 0.05) is 29.6 Å². The highest BCUT2D eigenvalue weighted by Crippen LogP contribution is 2.36. The quantitative estimate of drug-likeness (QED) is 0.288. The van der Waals surface area contributed by atoms with Crippen LogP contribution in [0.1, 0.15) is 49.4 Å². The van der Waals surface area contributed by atoms with Crippen molar-refractivity contribution in [2.24, 2.45) is 11.8 Å². The standard InChI is InChI=1S/C31H34ClFN2O4/c1-38-25-8-10-29-27(19-25)26(13-15-34-29)28(33)9-5-21-14-17-35(20-23(21)6-12-31(36)37)16-3-4-22-18-24(32)7-11-30(22)39-2/h7-8,10-11,13,15,18-19,21,23,28H,5-6,9,12,14,16-17,20H2,1-2H3,(H,36,37)/t21-,23+,28?/m1/s1. The molecular formula is C31H34ClFN2O4. The Kier molecular flexibility index (Phi) is 10.0. The van der Waals surface area contributed by atoms with Crippen LogP contribution in [0.3, 0.4) is 0 Å². The molecule has 3 atom stereocenters. The van der Waals surface area contributed by atoms with Gasteiger partial charge in [0.15, 0.2) is 0 Å². The number of hydrogen-bond acceptors (Lipinski definition) is 5. The van der Waals surface area contributed by atoms with Crippen LogP contribution >= 0.6 is 11.6 Å². The summed E-state index contributed by atoms with van der Waals surface area (Å²) < 4.78 is 26.3. The Bertz CT molecular complexity index is 1360. The molecule has 6 nitrogen and oxygen atoms in total. The molecule has 8 heteroatoms. The number of aromatic nitrogens is 1. The van der Waals surface area contributed by atoms with Crippen molar-refractivity contribution in [2.45, 2.75) is 38.3 Å².